The zero-order chi connectivity index (χ0) is 19.2. The molecule has 0 radical (unpaired) electrons. The van der Waals surface area contributed by atoms with E-state index in [-0.39, 0.29) is 17.7 Å². The monoisotopic (exact) mass is 373 g/mol. The van der Waals surface area contributed by atoms with E-state index in [1.807, 2.05) is 16.7 Å². The molecule has 0 aromatic carbocycles. The second-order valence-corrected chi connectivity index (χ2v) is 7.87. The van der Waals surface area contributed by atoms with E-state index in [1.54, 1.807) is 18.2 Å². The highest BCUT2D eigenvalue weighted by molar-refractivity contribution is 5.88. The Morgan fingerprint density at radius 1 is 1.19 bits per heavy atom. The van der Waals surface area contributed by atoms with Gasteiger partial charge in [-0.3, -0.25) is 14.4 Å². The van der Waals surface area contributed by atoms with E-state index in [9.17, 15) is 14.4 Å². The Bertz CT molecular complexity index is 765. The van der Waals surface area contributed by atoms with Gasteiger partial charge in [0.2, 0.25) is 17.7 Å². The molecule has 1 aromatic heterocycles. The Morgan fingerprint density at radius 2 is 1.93 bits per heavy atom. The van der Waals surface area contributed by atoms with Gasteiger partial charge in [-0.1, -0.05) is 0 Å². The molecule has 8 heteroatoms. The maximum atomic E-state index is 12.9. The third kappa shape index (κ3) is 2.82. The molecule has 146 valence electrons. The van der Waals surface area contributed by atoms with Crippen LogP contribution in [0.5, 0.6) is 0 Å². The van der Waals surface area contributed by atoms with Crippen LogP contribution >= 0.6 is 0 Å². The highest BCUT2D eigenvalue weighted by Crippen LogP contribution is 2.42. The highest BCUT2D eigenvalue weighted by atomic mass is 16.2. The number of likely N-dealkylation sites (tertiary alicyclic amines) is 2. The number of aromatic amines is 1. The van der Waals surface area contributed by atoms with Crippen LogP contribution in [-0.4, -0.2) is 74.6 Å². The number of aromatic nitrogens is 2. The Labute approximate surface area is 158 Å². The molecule has 0 saturated carbocycles. The molecule has 0 aliphatic carbocycles. The van der Waals surface area contributed by atoms with Crippen molar-refractivity contribution in [2.75, 3.05) is 26.2 Å². The molecular formula is C19H27N5O3. The number of carbonyl (C=O) groups is 3. The molecule has 1 N–H and O–H groups in total. The quantitative estimate of drug-likeness (QED) is 0.824. The topological polar surface area (TPSA) is 89.6 Å². The van der Waals surface area contributed by atoms with Crippen molar-refractivity contribution in [3.05, 3.63) is 17.7 Å². The Hall–Kier alpha value is -2.38. The Kier molecular flexibility index (Phi) is 4.44. The molecule has 2 saturated heterocycles. The van der Waals surface area contributed by atoms with Crippen LogP contribution in [-0.2, 0) is 26.3 Å². The number of carbonyl (C=O) groups excluding carboxylic acids is 3. The van der Waals surface area contributed by atoms with Gasteiger partial charge in [-0.2, -0.15) is 0 Å². The van der Waals surface area contributed by atoms with Crippen molar-refractivity contribution in [2.24, 2.45) is 0 Å². The summed E-state index contributed by atoms with van der Waals surface area (Å²) < 4.78 is 0. The lowest BCUT2D eigenvalue weighted by atomic mass is 9.78. The van der Waals surface area contributed by atoms with Gasteiger partial charge in [-0.05, 0) is 26.2 Å². The summed E-state index contributed by atoms with van der Waals surface area (Å²) in [6, 6.07) is -0.412. The first-order valence-electron chi connectivity index (χ1n) is 9.83. The van der Waals surface area contributed by atoms with Crippen molar-refractivity contribution in [2.45, 2.75) is 57.5 Å². The lowest BCUT2D eigenvalue weighted by Gasteiger charge is -2.50. The summed E-state index contributed by atoms with van der Waals surface area (Å²) in [6.07, 6.45) is 5.21. The first-order valence-corrected chi connectivity index (χ1v) is 9.83. The molecule has 8 nitrogen and oxygen atoms in total. The van der Waals surface area contributed by atoms with Crippen LogP contribution in [0.15, 0.2) is 6.33 Å². The van der Waals surface area contributed by atoms with E-state index in [2.05, 4.69) is 9.97 Å². The zero-order valence-corrected chi connectivity index (χ0v) is 16.0. The number of imidazole rings is 1. The minimum absolute atomic E-state index is 0.00698. The fourth-order valence-electron chi connectivity index (χ4n) is 5.02. The maximum absolute atomic E-state index is 12.9. The van der Waals surface area contributed by atoms with Crippen LogP contribution in [0.2, 0.25) is 0 Å². The van der Waals surface area contributed by atoms with Gasteiger partial charge in [0.05, 0.1) is 17.6 Å². The van der Waals surface area contributed by atoms with Crippen LogP contribution in [0.3, 0.4) is 0 Å². The minimum Gasteiger partial charge on any atom is -0.348 e. The molecule has 3 aliphatic rings. The number of nitrogens with one attached hydrogen (secondary N) is 1. The summed E-state index contributed by atoms with van der Waals surface area (Å²) in [5.74, 6) is 0.132. The standard InChI is InChI=1S/C19H27N5O3/c1-13(23-8-3-4-16(23)26)18(27)22-10-6-19(7-11-22)17-15(20-12-21-17)5-9-24(19)14(2)25/h12-13H,3-11H2,1-2H3,(H,20,21). The predicted molar refractivity (Wildman–Crippen MR) is 97.6 cm³/mol. The number of amides is 3. The summed E-state index contributed by atoms with van der Waals surface area (Å²) in [4.78, 5) is 50.4. The number of hydrogen-bond acceptors (Lipinski definition) is 4. The minimum atomic E-state index is -0.428. The van der Waals surface area contributed by atoms with E-state index < -0.39 is 11.6 Å². The smallest absolute Gasteiger partial charge is 0.245 e. The number of piperidine rings is 1. The van der Waals surface area contributed by atoms with Gasteiger partial charge in [0.15, 0.2) is 0 Å². The Balaban J connectivity index is 1.51. The third-order valence-electron chi connectivity index (χ3n) is 6.48. The van der Waals surface area contributed by atoms with Crippen molar-refractivity contribution in [3.8, 4) is 0 Å². The van der Waals surface area contributed by atoms with E-state index in [0.29, 0.717) is 45.4 Å². The van der Waals surface area contributed by atoms with E-state index in [4.69, 9.17) is 0 Å². The predicted octanol–water partition coefficient (Wildman–Crippen LogP) is 0.643. The summed E-state index contributed by atoms with van der Waals surface area (Å²) in [5, 5.41) is 0. The molecule has 3 amide bonds. The van der Waals surface area contributed by atoms with Crippen LogP contribution in [0.4, 0.5) is 0 Å². The summed E-state index contributed by atoms with van der Waals surface area (Å²) in [5.41, 5.74) is 1.63. The summed E-state index contributed by atoms with van der Waals surface area (Å²) in [7, 11) is 0. The van der Waals surface area contributed by atoms with Crippen LogP contribution in [0, 0.1) is 0 Å². The van der Waals surface area contributed by atoms with Gasteiger partial charge < -0.3 is 19.7 Å². The van der Waals surface area contributed by atoms with Crippen molar-refractivity contribution >= 4 is 17.7 Å². The second-order valence-electron chi connectivity index (χ2n) is 7.87. The van der Waals surface area contributed by atoms with Gasteiger partial charge in [-0.25, -0.2) is 4.98 Å². The molecule has 3 aliphatic heterocycles. The average molecular weight is 373 g/mol. The van der Waals surface area contributed by atoms with Crippen molar-refractivity contribution in [1.29, 1.82) is 0 Å². The highest BCUT2D eigenvalue weighted by Gasteiger charge is 2.48. The molecule has 2 fully saturated rings. The normalized spacial score (nSPS) is 22.9. The Morgan fingerprint density at radius 3 is 2.56 bits per heavy atom. The number of hydrogen-bond donors (Lipinski definition) is 1. The zero-order valence-electron chi connectivity index (χ0n) is 16.0. The number of nitrogens with zero attached hydrogens (tertiary/aromatic N) is 4. The van der Waals surface area contributed by atoms with Crippen LogP contribution < -0.4 is 0 Å². The van der Waals surface area contributed by atoms with Crippen molar-refractivity contribution in [1.82, 2.24) is 24.7 Å². The van der Waals surface area contributed by atoms with Crippen LogP contribution in [0.25, 0.3) is 0 Å². The summed E-state index contributed by atoms with van der Waals surface area (Å²) >= 11 is 0. The number of H-pyrrole nitrogens is 1. The molecular weight excluding hydrogens is 346 g/mol. The number of rotatable bonds is 2. The van der Waals surface area contributed by atoms with E-state index in [1.165, 1.54) is 0 Å². The maximum Gasteiger partial charge on any atom is 0.245 e. The van der Waals surface area contributed by atoms with Gasteiger partial charge in [-0.15, -0.1) is 0 Å². The molecule has 1 unspecified atom stereocenters. The van der Waals surface area contributed by atoms with Crippen molar-refractivity contribution < 1.29 is 14.4 Å². The average Bonchev–Trinajstić information content (AvgIpc) is 3.30. The lowest BCUT2D eigenvalue weighted by molar-refractivity contribution is -0.147. The van der Waals surface area contributed by atoms with Gasteiger partial charge in [0, 0.05) is 51.6 Å². The van der Waals surface area contributed by atoms with E-state index in [0.717, 1.165) is 24.2 Å². The molecule has 4 heterocycles. The third-order valence-corrected chi connectivity index (χ3v) is 6.48. The van der Waals surface area contributed by atoms with Gasteiger partial charge in [0.25, 0.3) is 0 Å². The second kappa shape index (κ2) is 6.65. The largest absolute Gasteiger partial charge is 0.348 e. The van der Waals surface area contributed by atoms with Gasteiger partial charge in [0.1, 0.15) is 6.04 Å². The van der Waals surface area contributed by atoms with Gasteiger partial charge >= 0.3 is 0 Å². The molecule has 1 atom stereocenters. The number of fused-ring (bicyclic) bond motifs is 2. The fraction of sp³-hybridized carbons (Fsp3) is 0.684. The lowest BCUT2D eigenvalue weighted by Crippen LogP contribution is -2.59. The van der Waals surface area contributed by atoms with E-state index >= 15 is 0 Å². The summed E-state index contributed by atoms with van der Waals surface area (Å²) in [6.45, 7) is 5.92. The fourth-order valence-corrected chi connectivity index (χ4v) is 5.02. The molecule has 27 heavy (non-hydrogen) atoms. The molecule has 1 aromatic rings. The first kappa shape index (κ1) is 18.0. The van der Waals surface area contributed by atoms with Crippen molar-refractivity contribution in [3.63, 3.8) is 0 Å². The molecule has 4 rings (SSSR count). The molecule has 1 spiro atoms. The first-order chi connectivity index (χ1) is 12.9. The van der Waals surface area contributed by atoms with Crippen LogP contribution in [0.1, 0.15) is 50.9 Å². The SMILES string of the molecule is CC(=O)N1CCc2[nH]cnc2C12CCN(C(=O)C(C)N1CCCC1=O)CC2. The molecule has 0 bridgehead atoms.